The third-order valence-corrected chi connectivity index (χ3v) is 4.24. The number of nitrogens with zero attached hydrogens (tertiary/aromatic N) is 1. The van der Waals surface area contributed by atoms with Gasteiger partial charge in [0.25, 0.3) is 0 Å². The molecule has 1 aliphatic heterocycles. The van der Waals surface area contributed by atoms with Crippen molar-refractivity contribution < 1.29 is 0 Å². The molecule has 0 bridgehead atoms. The van der Waals surface area contributed by atoms with Crippen LogP contribution in [0.3, 0.4) is 0 Å². The van der Waals surface area contributed by atoms with Crippen LogP contribution >= 0.6 is 0 Å². The van der Waals surface area contributed by atoms with Gasteiger partial charge in [-0.05, 0) is 44.2 Å². The van der Waals surface area contributed by atoms with Gasteiger partial charge >= 0.3 is 0 Å². The first kappa shape index (κ1) is 10.5. The Bertz CT molecular complexity index is 170. The molecular formula is C13H25N. The van der Waals surface area contributed by atoms with Crippen LogP contribution in [0.15, 0.2) is 0 Å². The molecule has 2 aliphatic rings. The zero-order valence-corrected chi connectivity index (χ0v) is 9.89. The first-order chi connectivity index (χ1) is 6.67. The number of rotatable bonds is 1. The van der Waals surface area contributed by atoms with Crippen LogP contribution in [0.2, 0.25) is 0 Å². The van der Waals surface area contributed by atoms with Crippen LogP contribution in [0, 0.1) is 5.41 Å². The van der Waals surface area contributed by atoms with E-state index in [1.54, 1.807) is 0 Å². The Kier molecular flexibility index (Phi) is 3.16. The average molecular weight is 195 g/mol. The summed E-state index contributed by atoms with van der Waals surface area (Å²) in [6, 6.07) is 0.944. The molecule has 0 aromatic carbocycles. The molecule has 0 aromatic rings. The SMILES string of the molecule is CC1(C)CCN(C2CCCCC2)CC1. The Morgan fingerprint density at radius 3 is 2.07 bits per heavy atom. The maximum Gasteiger partial charge on any atom is 0.00952 e. The molecule has 82 valence electrons. The Morgan fingerprint density at radius 2 is 1.50 bits per heavy atom. The first-order valence-corrected chi connectivity index (χ1v) is 6.41. The van der Waals surface area contributed by atoms with E-state index in [1.807, 2.05) is 0 Å². The second kappa shape index (κ2) is 4.22. The highest BCUT2D eigenvalue weighted by Gasteiger charge is 2.29. The molecular weight excluding hydrogens is 170 g/mol. The van der Waals surface area contributed by atoms with Crippen LogP contribution in [0.4, 0.5) is 0 Å². The van der Waals surface area contributed by atoms with Crippen LogP contribution in [0.5, 0.6) is 0 Å². The van der Waals surface area contributed by atoms with Gasteiger partial charge in [0.2, 0.25) is 0 Å². The molecule has 1 heteroatoms. The molecule has 1 nitrogen and oxygen atoms in total. The number of likely N-dealkylation sites (tertiary alicyclic amines) is 1. The number of hydrogen-bond donors (Lipinski definition) is 0. The van der Waals surface area contributed by atoms with Crippen molar-refractivity contribution in [2.24, 2.45) is 5.41 Å². The standard InChI is InChI=1S/C13H25N/c1-13(2)8-10-14(11-9-13)12-6-4-3-5-7-12/h12H,3-11H2,1-2H3. The third kappa shape index (κ3) is 2.50. The molecule has 0 aromatic heterocycles. The van der Waals surface area contributed by atoms with E-state index in [-0.39, 0.29) is 0 Å². The van der Waals surface area contributed by atoms with E-state index in [2.05, 4.69) is 18.7 Å². The van der Waals surface area contributed by atoms with E-state index in [0.29, 0.717) is 5.41 Å². The molecule has 1 saturated carbocycles. The van der Waals surface area contributed by atoms with E-state index < -0.39 is 0 Å². The van der Waals surface area contributed by atoms with Crippen molar-refractivity contribution in [1.82, 2.24) is 4.90 Å². The molecule has 0 atom stereocenters. The highest BCUT2D eigenvalue weighted by atomic mass is 15.2. The van der Waals surface area contributed by atoms with Gasteiger partial charge in [0.15, 0.2) is 0 Å². The minimum absolute atomic E-state index is 0.616. The summed E-state index contributed by atoms with van der Waals surface area (Å²) in [5.74, 6) is 0. The summed E-state index contributed by atoms with van der Waals surface area (Å²) in [4.78, 5) is 2.77. The van der Waals surface area contributed by atoms with Gasteiger partial charge in [-0.2, -0.15) is 0 Å². The fourth-order valence-corrected chi connectivity index (χ4v) is 2.94. The smallest absolute Gasteiger partial charge is 0.00952 e. The summed E-state index contributed by atoms with van der Waals surface area (Å²) in [5, 5.41) is 0. The van der Waals surface area contributed by atoms with Gasteiger partial charge < -0.3 is 4.90 Å². The van der Waals surface area contributed by atoms with Gasteiger partial charge in [0, 0.05) is 6.04 Å². The molecule has 0 spiro atoms. The summed E-state index contributed by atoms with van der Waals surface area (Å²) in [6.45, 7) is 7.56. The quantitative estimate of drug-likeness (QED) is 0.619. The van der Waals surface area contributed by atoms with Gasteiger partial charge in [0.1, 0.15) is 0 Å². The van der Waals surface area contributed by atoms with Crippen molar-refractivity contribution >= 4 is 0 Å². The van der Waals surface area contributed by atoms with Gasteiger partial charge in [0.05, 0.1) is 0 Å². The lowest BCUT2D eigenvalue weighted by molar-refractivity contribution is 0.0763. The van der Waals surface area contributed by atoms with Crippen molar-refractivity contribution in [3.05, 3.63) is 0 Å². The van der Waals surface area contributed by atoms with Crippen molar-refractivity contribution in [3.8, 4) is 0 Å². The molecule has 1 aliphatic carbocycles. The minimum atomic E-state index is 0.616. The largest absolute Gasteiger partial charge is 0.300 e. The maximum atomic E-state index is 2.77. The average Bonchev–Trinajstić information content (AvgIpc) is 2.19. The molecule has 1 saturated heterocycles. The Balaban J connectivity index is 1.82. The number of hydrogen-bond acceptors (Lipinski definition) is 1. The van der Waals surface area contributed by atoms with Crippen LogP contribution in [-0.4, -0.2) is 24.0 Å². The van der Waals surface area contributed by atoms with Crippen molar-refractivity contribution in [1.29, 1.82) is 0 Å². The fraction of sp³-hybridized carbons (Fsp3) is 1.00. The predicted molar refractivity (Wildman–Crippen MR) is 61.5 cm³/mol. The van der Waals surface area contributed by atoms with Crippen LogP contribution < -0.4 is 0 Å². The van der Waals surface area contributed by atoms with Crippen molar-refractivity contribution in [2.45, 2.75) is 64.8 Å². The van der Waals surface area contributed by atoms with Crippen LogP contribution in [0.25, 0.3) is 0 Å². The summed E-state index contributed by atoms with van der Waals surface area (Å²) in [7, 11) is 0. The maximum absolute atomic E-state index is 2.77. The Morgan fingerprint density at radius 1 is 0.929 bits per heavy atom. The molecule has 1 heterocycles. The van der Waals surface area contributed by atoms with Gasteiger partial charge in [-0.3, -0.25) is 0 Å². The second-order valence-corrected chi connectivity index (χ2v) is 5.99. The highest BCUT2D eigenvalue weighted by molar-refractivity contribution is 4.83. The van der Waals surface area contributed by atoms with Crippen LogP contribution in [-0.2, 0) is 0 Å². The molecule has 0 radical (unpaired) electrons. The van der Waals surface area contributed by atoms with Crippen LogP contribution in [0.1, 0.15) is 58.8 Å². The lowest BCUT2D eigenvalue weighted by Gasteiger charge is -2.42. The van der Waals surface area contributed by atoms with E-state index in [0.717, 1.165) is 6.04 Å². The van der Waals surface area contributed by atoms with E-state index in [1.165, 1.54) is 58.0 Å². The summed E-state index contributed by atoms with van der Waals surface area (Å²) < 4.78 is 0. The Hall–Kier alpha value is -0.0400. The summed E-state index contributed by atoms with van der Waals surface area (Å²) in [6.07, 6.45) is 10.2. The number of piperidine rings is 1. The van der Waals surface area contributed by atoms with E-state index in [4.69, 9.17) is 0 Å². The predicted octanol–water partition coefficient (Wildman–Crippen LogP) is 3.44. The topological polar surface area (TPSA) is 3.24 Å². The van der Waals surface area contributed by atoms with Gasteiger partial charge in [-0.15, -0.1) is 0 Å². The lowest BCUT2D eigenvalue weighted by Crippen LogP contribution is -2.44. The van der Waals surface area contributed by atoms with E-state index in [9.17, 15) is 0 Å². The molecule has 0 N–H and O–H groups in total. The molecule has 2 rings (SSSR count). The molecule has 0 amide bonds. The Labute approximate surface area is 88.9 Å². The van der Waals surface area contributed by atoms with Crippen molar-refractivity contribution in [2.75, 3.05) is 13.1 Å². The third-order valence-electron chi connectivity index (χ3n) is 4.24. The minimum Gasteiger partial charge on any atom is -0.300 e. The zero-order chi connectivity index (χ0) is 10.0. The monoisotopic (exact) mass is 195 g/mol. The molecule has 2 fully saturated rings. The molecule has 0 unspecified atom stereocenters. The fourth-order valence-electron chi connectivity index (χ4n) is 2.94. The highest BCUT2D eigenvalue weighted by Crippen LogP contribution is 2.33. The van der Waals surface area contributed by atoms with E-state index >= 15 is 0 Å². The van der Waals surface area contributed by atoms with Crippen molar-refractivity contribution in [3.63, 3.8) is 0 Å². The first-order valence-electron chi connectivity index (χ1n) is 6.41. The lowest BCUT2D eigenvalue weighted by atomic mass is 9.81. The van der Waals surface area contributed by atoms with Gasteiger partial charge in [-0.25, -0.2) is 0 Å². The second-order valence-electron chi connectivity index (χ2n) is 5.99. The summed E-state index contributed by atoms with van der Waals surface area (Å²) >= 11 is 0. The summed E-state index contributed by atoms with van der Waals surface area (Å²) in [5.41, 5.74) is 0.616. The molecule has 14 heavy (non-hydrogen) atoms. The normalized spacial score (nSPS) is 30.4. The zero-order valence-electron chi connectivity index (χ0n) is 9.89. The van der Waals surface area contributed by atoms with Gasteiger partial charge in [-0.1, -0.05) is 33.1 Å².